The van der Waals surface area contributed by atoms with Gasteiger partial charge in [0.15, 0.2) is 0 Å². The van der Waals surface area contributed by atoms with E-state index in [-0.39, 0.29) is 11.8 Å². The van der Waals surface area contributed by atoms with Crippen LogP contribution in [0.5, 0.6) is 0 Å². The molecule has 1 aliphatic rings. The lowest BCUT2D eigenvalue weighted by Gasteiger charge is -1.96. The number of imide groups is 1. The second-order valence-electron chi connectivity index (χ2n) is 3.56. The molecule has 1 aromatic carbocycles. The minimum atomic E-state index is -0.346. The van der Waals surface area contributed by atoms with Gasteiger partial charge in [0.25, 0.3) is 11.8 Å². The average molecular weight is 213 g/mol. The number of carbonyl (C=O) groups is 2. The number of hydrogen-bond acceptors (Lipinski definition) is 2. The van der Waals surface area contributed by atoms with Crippen molar-refractivity contribution >= 4 is 11.8 Å². The summed E-state index contributed by atoms with van der Waals surface area (Å²) in [6.45, 7) is 2.04. The van der Waals surface area contributed by atoms with Crippen molar-refractivity contribution in [3.63, 3.8) is 0 Å². The molecule has 0 saturated heterocycles. The van der Waals surface area contributed by atoms with Gasteiger partial charge in [-0.25, -0.2) is 0 Å². The lowest BCUT2D eigenvalue weighted by Crippen LogP contribution is -2.20. The number of carbonyl (C=O) groups excluding carboxylic acids is 2. The Morgan fingerprint density at radius 1 is 1.25 bits per heavy atom. The molecule has 16 heavy (non-hydrogen) atoms. The number of rotatable bonds is 1. The van der Waals surface area contributed by atoms with Crippen molar-refractivity contribution in [2.24, 2.45) is 0 Å². The molecule has 0 aliphatic carbocycles. The van der Waals surface area contributed by atoms with Crippen molar-refractivity contribution in [1.29, 1.82) is 0 Å². The van der Waals surface area contributed by atoms with Crippen molar-refractivity contribution in [2.45, 2.75) is 19.8 Å². The highest BCUT2D eigenvalue weighted by molar-refractivity contribution is 6.22. The van der Waals surface area contributed by atoms with Crippen LogP contribution in [-0.2, 0) is 0 Å². The average Bonchev–Trinajstić information content (AvgIpc) is 2.56. The first kappa shape index (κ1) is 10.4. The molecule has 0 spiro atoms. The van der Waals surface area contributed by atoms with Gasteiger partial charge in [-0.05, 0) is 18.6 Å². The molecule has 0 saturated carbocycles. The maximum absolute atomic E-state index is 11.5. The molecule has 0 aromatic heterocycles. The lowest BCUT2D eigenvalue weighted by atomic mass is 10.0. The Hall–Kier alpha value is -2.08. The van der Waals surface area contributed by atoms with Crippen molar-refractivity contribution in [2.75, 3.05) is 0 Å². The van der Waals surface area contributed by atoms with E-state index in [1.54, 1.807) is 18.2 Å². The van der Waals surface area contributed by atoms with E-state index in [1.165, 1.54) is 0 Å². The van der Waals surface area contributed by atoms with Crippen LogP contribution in [0.15, 0.2) is 18.2 Å². The van der Waals surface area contributed by atoms with Crippen LogP contribution >= 0.6 is 0 Å². The third-order valence-electron chi connectivity index (χ3n) is 2.36. The van der Waals surface area contributed by atoms with Gasteiger partial charge in [0.1, 0.15) is 0 Å². The Balaban J connectivity index is 2.47. The topological polar surface area (TPSA) is 46.2 Å². The molecule has 0 atom stereocenters. The molecule has 0 bridgehead atoms. The Kier molecular flexibility index (Phi) is 2.74. The van der Waals surface area contributed by atoms with Crippen LogP contribution in [0.2, 0.25) is 0 Å². The molecule has 0 radical (unpaired) electrons. The van der Waals surface area contributed by atoms with Crippen LogP contribution in [0.1, 0.15) is 46.0 Å². The SMILES string of the molecule is CCCC#Cc1cccc2c1C(=O)NC2=O. The van der Waals surface area contributed by atoms with Gasteiger partial charge < -0.3 is 0 Å². The maximum atomic E-state index is 11.5. The van der Waals surface area contributed by atoms with Crippen LogP contribution in [0.3, 0.4) is 0 Å². The molecule has 1 aliphatic heterocycles. The molecule has 1 heterocycles. The lowest BCUT2D eigenvalue weighted by molar-refractivity contribution is 0.0879. The highest BCUT2D eigenvalue weighted by Crippen LogP contribution is 2.19. The monoisotopic (exact) mass is 213 g/mol. The predicted octanol–water partition coefficient (Wildman–Crippen LogP) is 1.72. The normalized spacial score (nSPS) is 12.8. The van der Waals surface area contributed by atoms with E-state index >= 15 is 0 Å². The van der Waals surface area contributed by atoms with Crippen molar-refractivity contribution in [3.8, 4) is 11.8 Å². The fourth-order valence-corrected chi connectivity index (χ4v) is 1.61. The summed E-state index contributed by atoms with van der Waals surface area (Å²) in [5.74, 6) is 5.23. The number of amides is 2. The van der Waals surface area contributed by atoms with E-state index in [0.717, 1.165) is 12.8 Å². The number of hydrogen-bond donors (Lipinski definition) is 1. The van der Waals surface area contributed by atoms with E-state index < -0.39 is 0 Å². The van der Waals surface area contributed by atoms with Gasteiger partial charge in [-0.3, -0.25) is 14.9 Å². The van der Waals surface area contributed by atoms with Crippen molar-refractivity contribution in [1.82, 2.24) is 5.32 Å². The highest BCUT2D eigenvalue weighted by Gasteiger charge is 2.28. The first-order valence-electron chi connectivity index (χ1n) is 5.21. The summed E-state index contributed by atoms with van der Waals surface area (Å²) >= 11 is 0. The fraction of sp³-hybridized carbons (Fsp3) is 0.231. The van der Waals surface area contributed by atoms with Gasteiger partial charge in [-0.15, -0.1) is 0 Å². The summed E-state index contributed by atoms with van der Waals surface area (Å²) in [6, 6.07) is 5.15. The van der Waals surface area contributed by atoms with Gasteiger partial charge >= 0.3 is 0 Å². The smallest absolute Gasteiger partial charge is 0.260 e. The van der Waals surface area contributed by atoms with Crippen LogP contribution in [-0.4, -0.2) is 11.8 Å². The first-order valence-corrected chi connectivity index (χ1v) is 5.21. The largest absolute Gasteiger partial charge is 0.288 e. The number of unbranched alkanes of at least 4 members (excludes halogenated alkanes) is 1. The highest BCUT2D eigenvalue weighted by atomic mass is 16.2. The van der Waals surface area contributed by atoms with Crippen LogP contribution in [0.4, 0.5) is 0 Å². The number of benzene rings is 1. The maximum Gasteiger partial charge on any atom is 0.260 e. The Bertz CT molecular complexity index is 520. The molecule has 0 unspecified atom stereocenters. The first-order chi connectivity index (χ1) is 7.74. The summed E-state index contributed by atoms with van der Waals surface area (Å²) in [6.07, 6.45) is 1.77. The molecule has 3 heteroatoms. The second kappa shape index (κ2) is 4.19. The minimum absolute atomic E-state index is 0.334. The zero-order chi connectivity index (χ0) is 11.5. The summed E-state index contributed by atoms with van der Waals surface area (Å²) in [5, 5.41) is 2.27. The molecule has 1 aromatic rings. The molecule has 2 rings (SSSR count). The van der Waals surface area contributed by atoms with E-state index in [0.29, 0.717) is 16.7 Å². The third kappa shape index (κ3) is 1.70. The zero-order valence-electron chi connectivity index (χ0n) is 8.96. The molecule has 80 valence electrons. The van der Waals surface area contributed by atoms with Gasteiger partial charge in [0.05, 0.1) is 11.1 Å². The van der Waals surface area contributed by atoms with Gasteiger partial charge in [0.2, 0.25) is 0 Å². The van der Waals surface area contributed by atoms with E-state index in [1.807, 2.05) is 6.92 Å². The summed E-state index contributed by atoms with van der Waals surface area (Å²) in [7, 11) is 0. The summed E-state index contributed by atoms with van der Waals surface area (Å²) < 4.78 is 0. The fourth-order valence-electron chi connectivity index (χ4n) is 1.61. The molecule has 3 nitrogen and oxygen atoms in total. The van der Waals surface area contributed by atoms with Gasteiger partial charge in [-0.1, -0.05) is 24.8 Å². The van der Waals surface area contributed by atoms with E-state index in [4.69, 9.17) is 0 Å². The minimum Gasteiger partial charge on any atom is -0.288 e. The van der Waals surface area contributed by atoms with Crippen molar-refractivity contribution < 1.29 is 9.59 Å². The number of nitrogens with one attached hydrogen (secondary N) is 1. The standard InChI is InChI=1S/C13H11NO2/c1-2-3-4-6-9-7-5-8-10-11(9)13(16)14-12(10)15/h5,7-8H,2-3H2,1H3,(H,14,15,16). The summed E-state index contributed by atoms with van der Waals surface area (Å²) in [5.41, 5.74) is 1.47. The number of fused-ring (bicyclic) bond motifs is 1. The van der Waals surface area contributed by atoms with Crippen LogP contribution in [0.25, 0.3) is 0 Å². The molecule has 0 fully saturated rings. The third-order valence-corrected chi connectivity index (χ3v) is 2.36. The quantitative estimate of drug-likeness (QED) is 0.570. The van der Waals surface area contributed by atoms with Crippen LogP contribution < -0.4 is 5.32 Å². The molecular formula is C13H11NO2. The van der Waals surface area contributed by atoms with E-state index in [9.17, 15) is 9.59 Å². The van der Waals surface area contributed by atoms with E-state index in [2.05, 4.69) is 17.2 Å². The molecule has 1 N–H and O–H groups in total. The second-order valence-corrected chi connectivity index (χ2v) is 3.56. The Labute approximate surface area is 93.9 Å². The van der Waals surface area contributed by atoms with Gasteiger partial charge in [0, 0.05) is 12.0 Å². The molecule has 2 amide bonds. The van der Waals surface area contributed by atoms with Gasteiger partial charge in [-0.2, -0.15) is 0 Å². The molecular weight excluding hydrogens is 202 g/mol. The van der Waals surface area contributed by atoms with Crippen molar-refractivity contribution in [3.05, 3.63) is 34.9 Å². The predicted molar refractivity (Wildman–Crippen MR) is 60.0 cm³/mol. The van der Waals surface area contributed by atoms with Crippen LogP contribution in [0, 0.1) is 11.8 Å². The summed E-state index contributed by atoms with van der Waals surface area (Å²) in [4.78, 5) is 22.9. The Morgan fingerprint density at radius 3 is 2.81 bits per heavy atom. The Morgan fingerprint density at radius 2 is 2.06 bits per heavy atom. The zero-order valence-corrected chi connectivity index (χ0v) is 8.96.